The van der Waals surface area contributed by atoms with Crippen LogP contribution >= 0.6 is 11.8 Å². The van der Waals surface area contributed by atoms with Crippen LogP contribution in [0.2, 0.25) is 0 Å². The summed E-state index contributed by atoms with van der Waals surface area (Å²) < 4.78 is 20.2. The van der Waals surface area contributed by atoms with Gasteiger partial charge in [-0.05, 0) is 66.2 Å². The summed E-state index contributed by atoms with van der Waals surface area (Å²) in [6, 6.07) is 30.2. The Balaban J connectivity index is 1.33. The van der Waals surface area contributed by atoms with Gasteiger partial charge in [0.05, 0.1) is 25.5 Å². The van der Waals surface area contributed by atoms with Gasteiger partial charge in [-0.25, -0.2) is 0 Å². The molecule has 10 nitrogen and oxygen atoms in total. The maximum Gasteiger partial charge on any atom is 0.278 e. The third kappa shape index (κ3) is 5.68. The minimum absolute atomic E-state index is 0.209. The van der Waals surface area contributed by atoms with E-state index in [0.717, 1.165) is 17.0 Å². The van der Waals surface area contributed by atoms with Gasteiger partial charge in [-0.3, -0.25) is 9.36 Å². The topological polar surface area (TPSA) is 106 Å². The van der Waals surface area contributed by atoms with Gasteiger partial charge in [-0.15, -0.1) is 15.3 Å². The average Bonchev–Trinajstić information content (AvgIpc) is 3.43. The number of hydrogen-bond acceptors (Lipinski definition) is 9. The van der Waals surface area contributed by atoms with Crippen molar-refractivity contribution in [1.29, 1.82) is 0 Å². The van der Waals surface area contributed by atoms with E-state index in [1.54, 1.807) is 26.4 Å². The van der Waals surface area contributed by atoms with Crippen LogP contribution in [0, 0.1) is 0 Å². The molecule has 11 heteroatoms. The second-order valence-electron chi connectivity index (χ2n) is 9.19. The van der Waals surface area contributed by atoms with Crippen LogP contribution in [0.4, 0.5) is 0 Å². The molecule has 0 aliphatic carbocycles. The van der Waals surface area contributed by atoms with E-state index in [1.807, 2.05) is 89.5 Å². The number of para-hydroxylation sites is 1. The van der Waals surface area contributed by atoms with Gasteiger partial charge in [-0.2, -0.15) is 4.68 Å². The van der Waals surface area contributed by atoms with Crippen molar-refractivity contribution < 1.29 is 14.2 Å². The molecule has 0 N–H and O–H groups in total. The summed E-state index contributed by atoms with van der Waals surface area (Å²) in [4.78, 5) is 13.0. The Morgan fingerprint density at radius 3 is 2.29 bits per heavy atom. The number of rotatable bonds is 10. The van der Waals surface area contributed by atoms with Crippen LogP contribution in [0.1, 0.15) is 11.4 Å². The zero-order valence-electron chi connectivity index (χ0n) is 22.9. The molecule has 0 saturated carbocycles. The molecule has 0 spiro atoms. The van der Waals surface area contributed by atoms with Crippen LogP contribution < -0.4 is 19.8 Å². The third-order valence-electron chi connectivity index (χ3n) is 6.53. The number of benzene rings is 4. The predicted octanol–water partition coefficient (Wildman–Crippen LogP) is 5.52. The molecule has 42 heavy (non-hydrogen) atoms. The smallest absolute Gasteiger partial charge is 0.278 e. The van der Waals surface area contributed by atoms with Crippen LogP contribution in [0.15, 0.2) is 107 Å². The van der Waals surface area contributed by atoms with Crippen LogP contribution in [0.25, 0.3) is 16.6 Å². The SMILES string of the molecule is COc1ccc(Cc2nnc(SCn3nnc4ccccc4c3=O)n2-c2ccc(Oc3ccccc3)cc2)cc1OC. The molecule has 0 aliphatic rings. The van der Waals surface area contributed by atoms with E-state index < -0.39 is 0 Å². The lowest BCUT2D eigenvalue weighted by Crippen LogP contribution is -2.23. The average molecular weight is 579 g/mol. The molecule has 0 amide bonds. The highest BCUT2D eigenvalue weighted by atomic mass is 32.2. The standard InChI is InChI=1S/C31H26N6O4S/c1-39-27-17-12-21(18-28(27)40-2)19-29-33-34-31(42-20-36-30(38)25-10-6-7-11-26(25)32-35-36)37(29)22-13-15-24(16-14-22)41-23-8-4-3-5-9-23/h3-18H,19-20H2,1-2H3. The Morgan fingerprint density at radius 2 is 1.50 bits per heavy atom. The summed E-state index contributed by atoms with van der Waals surface area (Å²) in [5.41, 5.74) is 2.16. The van der Waals surface area contributed by atoms with Crippen LogP contribution in [-0.2, 0) is 12.3 Å². The Bertz CT molecular complexity index is 1890. The summed E-state index contributed by atoms with van der Waals surface area (Å²) in [7, 11) is 3.21. The molecule has 0 aliphatic heterocycles. The summed E-state index contributed by atoms with van der Waals surface area (Å²) in [6.07, 6.45) is 0.478. The molecule has 0 fully saturated rings. The van der Waals surface area contributed by atoms with E-state index in [0.29, 0.717) is 45.6 Å². The largest absolute Gasteiger partial charge is 0.493 e. The van der Waals surface area contributed by atoms with Gasteiger partial charge in [-0.1, -0.05) is 53.4 Å². The molecule has 0 bridgehead atoms. The second kappa shape index (κ2) is 12.1. The quantitative estimate of drug-likeness (QED) is 0.194. The number of aromatic nitrogens is 6. The molecule has 0 atom stereocenters. The Morgan fingerprint density at radius 1 is 0.762 bits per heavy atom. The lowest BCUT2D eigenvalue weighted by molar-refractivity contribution is 0.354. The van der Waals surface area contributed by atoms with E-state index >= 15 is 0 Å². The Labute approximate surface area is 245 Å². The highest BCUT2D eigenvalue weighted by Gasteiger charge is 2.17. The van der Waals surface area contributed by atoms with Crippen molar-refractivity contribution in [2.24, 2.45) is 0 Å². The van der Waals surface area contributed by atoms with Crippen molar-refractivity contribution in [2.75, 3.05) is 14.2 Å². The fourth-order valence-corrected chi connectivity index (χ4v) is 5.30. The van der Waals surface area contributed by atoms with Crippen molar-refractivity contribution in [3.05, 3.63) is 119 Å². The highest BCUT2D eigenvalue weighted by Crippen LogP contribution is 2.30. The van der Waals surface area contributed by atoms with E-state index in [9.17, 15) is 4.79 Å². The van der Waals surface area contributed by atoms with Gasteiger partial charge in [0.2, 0.25) is 0 Å². The van der Waals surface area contributed by atoms with E-state index in [4.69, 9.17) is 14.2 Å². The maximum absolute atomic E-state index is 13.0. The third-order valence-corrected chi connectivity index (χ3v) is 7.43. The Hall–Kier alpha value is -5.16. The van der Waals surface area contributed by atoms with Crippen LogP contribution in [0.5, 0.6) is 23.0 Å². The van der Waals surface area contributed by atoms with Gasteiger partial charge in [0, 0.05) is 12.1 Å². The van der Waals surface area contributed by atoms with Crippen LogP contribution in [-0.4, -0.2) is 44.0 Å². The van der Waals surface area contributed by atoms with Gasteiger partial charge in [0.25, 0.3) is 5.56 Å². The van der Waals surface area contributed by atoms with E-state index in [2.05, 4.69) is 20.5 Å². The van der Waals surface area contributed by atoms with Crippen molar-refractivity contribution in [2.45, 2.75) is 17.5 Å². The van der Waals surface area contributed by atoms with Crippen LogP contribution in [0.3, 0.4) is 0 Å². The van der Waals surface area contributed by atoms with Crippen molar-refractivity contribution >= 4 is 22.7 Å². The predicted molar refractivity (Wildman–Crippen MR) is 160 cm³/mol. The molecule has 6 rings (SSSR count). The van der Waals surface area contributed by atoms with Crippen molar-refractivity contribution in [1.82, 2.24) is 29.8 Å². The van der Waals surface area contributed by atoms with Gasteiger partial charge in [0.15, 0.2) is 16.7 Å². The number of methoxy groups -OCH3 is 2. The fraction of sp³-hybridized carbons (Fsp3) is 0.129. The molecule has 0 saturated heterocycles. The molecule has 2 heterocycles. The lowest BCUT2D eigenvalue weighted by atomic mass is 10.1. The first-order valence-electron chi connectivity index (χ1n) is 13.1. The second-order valence-corrected chi connectivity index (χ2v) is 10.1. The van der Waals surface area contributed by atoms with Crippen molar-refractivity contribution in [3.63, 3.8) is 0 Å². The van der Waals surface area contributed by atoms with Crippen molar-refractivity contribution in [3.8, 4) is 28.7 Å². The molecule has 6 aromatic rings. The van der Waals surface area contributed by atoms with E-state index in [1.165, 1.54) is 16.4 Å². The van der Waals surface area contributed by atoms with Gasteiger partial charge < -0.3 is 14.2 Å². The van der Waals surface area contributed by atoms with Gasteiger partial charge >= 0.3 is 0 Å². The number of hydrogen-bond donors (Lipinski definition) is 0. The molecule has 0 radical (unpaired) electrons. The molecule has 0 unspecified atom stereocenters. The first kappa shape index (κ1) is 27.0. The normalized spacial score (nSPS) is 11.0. The number of ether oxygens (including phenoxy) is 3. The minimum Gasteiger partial charge on any atom is -0.493 e. The van der Waals surface area contributed by atoms with E-state index in [-0.39, 0.29) is 11.4 Å². The monoisotopic (exact) mass is 578 g/mol. The number of thioether (sulfide) groups is 1. The van der Waals surface area contributed by atoms with Gasteiger partial charge in [0.1, 0.15) is 22.8 Å². The zero-order valence-corrected chi connectivity index (χ0v) is 23.7. The summed E-state index contributed by atoms with van der Waals surface area (Å²) >= 11 is 1.34. The summed E-state index contributed by atoms with van der Waals surface area (Å²) in [6.45, 7) is 0. The zero-order chi connectivity index (χ0) is 28.9. The minimum atomic E-state index is -0.216. The first-order chi connectivity index (χ1) is 20.6. The number of fused-ring (bicyclic) bond motifs is 1. The molecule has 2 aromatic heterocycles. The number of nitrogens with zero attached hydrogens (tertiary/aromatic N) is 6. The molecule has 4 aromatic carbocycles. The Kier molecular flexibility index (Phi) is 7.82. The lowest BCUT2D eigenvalue weighted by Gasteiger charge is -2.13. The fourth-order valence-electron chi connectivity index (χ4n) is 4.46. The molecular formula is C31H26N6O4S. The maximum atomic E-state index is 13.0. The molecule has 210 valence electrons. The molecular weight excluding hydrogens is 552 g/mol. The summed E-state index contributed by atoms with van der Waals surface area (Å²) in [5.74, 6) is 3.65. The highest BCUT2D eigenvalue weighted by molar-refractivity contribution is 7.98. The summed E-state index contributed by atoms with van der Waals surface area (Å²) in [5, 5.41) is 18.4. The first-order valence-corrected chi connectivity index (χ1v) is 14.1.